The molecule has 2 aromatic rings. The molecule has 1 heterocycles. The first kappa shape index (κ1) is 18.4. The van der Waals surface area contributed by atoms with Crippen molar-refractivity contribution in [3.8, 4) is 0 Å². The van der Waals surface area contributed by atoms with Crippen molar-refractivity contribution in [2.24, 2.45) is 5.10 Å². The number of nitrogens with two attached hydrogens (primary N) is 1. The molecule has 0 atom stereocenters. The lowest BCUT2D eigenvalue weighted by Crippen LogP contribution is -2.23. The van der Waals surface area contributed by atoms with E-state index in [1.807, 2.05) is 12.1 Å². The maximum absolute atomic E-state index is 11.9. The van der Waals surface area contributed by atoms with Crippen molar-refractivity contribution in [2.75, 3.05) is 23.7 Å². The van der Waals surface area contributed by atoms with Crippen molar-refractivity contribution in [2.45, 2.75) is 26.7 Å². The molecule has 1 amide bonds. The zero-order valence-electron chi connectivity index (χ0n) is 14.8. The van der Waals surface area contributed by atoms with Crippen LogP contribution in [0.3, 0.4) is 0 Å². The largest absolute Gasteiger partial charge is 0.384 e. The van der Waals surface area contributed by atoms with Crippen molar-refractivity contribution in [3.05, 3.63) is 53.7 Å². The Labute approximate surface area is 148 Å². The number of hydrogen-bond donors (Lipinski definition) is 2. The lowest BCUT2D eigenvalue weighted by molar-refractivity contribution is 0.0955. The summed E-state index contributed by atoms with van der Waals surface area (Å²) in [5.41, 5.74) is 10.5. The van der Waals surface area contributed by atoms with Crippen LogP contribution in [-0.2, 0) is 0 Å². The number of hydrazone groups is 1. The zero-order chi connectivity index (χ0) is 18.1. The zero-order valence-corrected chi connectivity index (χ0v) is 14.8. The van der Waals surface area contributed by atoms with Gasteiger partial charge in [-0.05, 0) is 43.2 Å². The molecule has 0 spiro atoms. The van der Waals surface area contributed by atoms with Gasteiger partial charge in [0.2, 0.25) is 0 Å². The molecule has 3 N–H and O–H groups in total. The predicted octanol–water partition coefficient (Wildman–Crippen LogP) is 3.05. The number of anilines is 2. The Morgan fingerprint density at radius 1 is 1.24 bits per heavy atom. The number of nitrogens with zero attached hydrogens (tertiary/aromatic N) is 3. The molecular weight excluding hydrogens is 314 g/mol. The van der Waals surface area contributed by atoms with Gasteiger partial charge in [0, 0.05) is 25.0 Å². The molecule has 0 aliphatic heterocycles. The molecule has 2 rings (SSSR count). The highest BCUT2D eigenvalue weighted by atomic mass is 16.2. The number of carbonyl (C=O) groups excluding carboxylic acids is 1. The fraction of sp³-hybridized carbons (Fsp3) is 0.316. The fourth-order valence-corrected chi connectivity index (χ4v) is 2.36. The molecule has 25 heavy (non-hydrogen) atoms. The summed E-state index contributed by atoms with van der Waals surface area (Å²) in [6, 6.07) is 11.3. The minimum atomic E-state index is -0.322. The lowest BCUT2D eigenvalue weighted by Gasteiger charge is -2.22. The molecule has 0 saturated carbocycles. The second-order valence-corrected chi connectivity index (χ2v) is 5.70. The van der Waals surface area contributed by atoms with Gasteiger partial charge < -0.3 is 10.6 Å². The van der Waals surface area contributed by atoms with Gasteiger partial charge in [-0.25, -0.2) is 10.4 Å². The van der Waals surface area contributed by atoms with Gasteiger partial charge in [-0.15, -0.1) is 0 Å². The Morgan fingerprint density at radius 2 is 2.00 bits per heavy atom. The van der Waals surface area contributed by atoms with Crippen LogP contribution >= 0.6 is 0 Å². The van der Waals surface area contributed by atoms with Crippen LogP contribution in [0.15, 0.2) is 47.7 Å². The number of nitrogens with one attached hydrogen (secondary N) is 1. The van der Waals surface area contributed by atoms with E-state index < -0.39 is 0 Å². The Kier molecular flexibility index (Phi) is 6.95. The summed E-state index contributed by atoms with van der Waals surface area (Å²) < 4.78 is 0. The Bertz CT molecular complexity index is 695. The van der Waals surface area contributed by atoms with E-state index in [1.165, 1.54) is 24.7 Å². The molecule has 0 fully saturated rings. The Balaban J connectivity index is 1.92. The average Bonchev–Trinajstić information content (AvgIpc) is 2.64. The van der Waals surface area contributed by atoms with Gasteiger partial charge in [0.05, 0.1) is 11.8 Å². The fourth-order valence-electron chi connectivity index (χ4n) is 2.36. The highest BCUT2D eigenvalue weighted by Crippen LogP contribution is 2.15. The maximum atomic E-state index is 11.9. The molecule has 6 nitrogen and oxygen atoms in total. The minimum absolute atomic E-state index is 0.322. The Morgan fingerprint density at radius 3 is 2.60 bits per heavy atom. The first-order valence-electron chi connectivity index (χ1n) is 8.54. The minimum Gasteiger partial charge on any atom is -0.384 e. The second-order valence-electron chi connectivity index (χ2n) is 5.70. The topological polar surface area (TPSA) is 83.6 Å². The van der Waals surface area contributed by atoms with E-state index in [0.717, 1.165) is 18.7 Å². The van der Waals surface area contributed by atoms with E-state index in [0.29, 0.717) is 11.4 Å². The van der Waals surface area contributed by atoms with Crippen molar-refractivity contribution >= 4 is 23.6 Å². The van der Waals surface area contributed by atoms with E-state index in [9.17, 15) is 4.79 Å². The van der Waals surface area contributed by atoms with Gasteiger partial charge >= 0.3 is 0 Å². The van der Waals surface area contributed by atoms with Crippen molar-refractivity contribution in [1.29, 1.82) is 0 Å². The van der Waals surface area contributed by atoms with Gasteiger partial charge in [-0.2, -0.15) is 5.10 Å². The summed E-state index contributed by atoms with van der Waals surface area (Å²) >= 11 is 0. The number of benzene rings is 1. The highest BCUT2D eigenvalue weighted by Gasteiger charge is 2.04. The molecule has 0 saturated heterocycles. The number of nitrogen functional groups attached to an aromatic ring is 1. The van der Waals surface area contributed by atoms with Crippen LogP contribution in [0, 0.1) is 0 Å². The normalized spacial score (nSPS) is 10.8. The number of hydrogen-bond acceptors (Lipinski definition) is 5. The second kappa shape index (κ2) is 9.42. The molecule has 132 valence electrons. The average molecular weight is 339 g/mol. The van der Waals surface area contributed by atoms with Gasteiger partial charge in [-0.3, -0.25) is 4.79 Å². The van der Waals surface area contributed by atoms with E-state index in [2.05, 4.69) is 46.4 Å². The first-order chi connectivity index (χ1) is 12.1. The standard InChI is InChI=1S/C19H25N5O/c1-3-5-12-24(4-2)17-9-6-15(7-10-17)13-22-23-19(25)16-8-11-18(20)21-14-16/h6-11,13-14H,3-5,12H2,1-2H3,(H2,20,21)(H,23,25)/b22-13+. The monoisotopic (exact) mass is 339 g/mol. The molecule has 0 bridgehead atoms. The van der Waals surface area contributed by atoms with Crippen LogP contribution in [0.2, 0.25) is 0 Å². The lowest BCUT2D eigenvalue weighted by atomic mass is 10.2. The van der Waals surface area contributed by atoms with Crippen LogP contribution < -0.4 is 16.1 Å². The van der Waals surface area contributed by atoms with E-state index in [4.69, 9.17) is 5.73 Å². The number of aromatic nitrogens is 1. The highest BCUT2D eigenvalue weighted by molar-refractivity contribution is 5.94. The molecule has 0 radical (unpaired) electrons. The number of pyridine rings is 1. The van der Waals surface area contributed by atoms with Crippen molar-refractivity contribution in [1.82, 2.24) is 10.4 Å². The van der Waals surface area contributed by atoms with Crippen LogP contribution in [-0.4, -0.2) is 30.2 Å². The molecule has 1 aromatic heterocycles. The van der Waals surface area contributed by atoms with E-state index in [-0.39, 0.29) is 5.91 Å². The third kappa shape index (κ3) is 5.60. The maximum Gasteiger partial charge on any atom is 0.272 e. The van der Waals surface area contributed by atoms with Gasteiger partial charge in [0.15, 0.2) is 0 Å². The number of rotatable bonds is 8. The summed E-state index contributed by atoms with van der Waals surface area (Å²) in [6.45, 7) is 6.40. The molecule has 1 aromatic carbocycles. The molecule has 0 aliphatic rings. The quantitative estimate of drug-likeness (QED) is 0.572. The predicted molar refractivity (Wildman–Crippen MR) is 103 cm³/mol. The van der Waals surface area contributed by atoms with Gasteiger partial charge in [0.25, 0.3) is 5.91 Å². The van der Waals surface area contributed by atoms with Crippen LogP contribution in [0.1, 0.15) is 42.6 Å². The summed E-state index contributed by atoms with van der Waals surface area (Å²) in [5, 5.41) is 3.99. The van der Waals surface area contributed by atoms with E-state index in [1.54, 1.807) is 18.3 Å². The number of unbranched alkanes of at least 4 members (excludes halogenated alkanes) is 1. The number of carbonyl (C=O) groups is 1. The number of amides is 1. The van der Waals surface area contributed by atoms with Crippen LogP contribution in [0.4, 0.5) is 11.5 Å². The SMILES string of the molecule is CCCCN(CC)c1ccc(/C=N/NC(=O)c2ccc(N)nc2)cc1. The van der Waals surface area contributed by atoms with Crippen LogP contribution in [0.25, 0.3) is 0 Å². The first-order valence-corrected chi connectivity index (χ1v) is 8.54. The summed E-state index contributed by atoms with van der Waals surface area (Å²) in [6.07, 6.45) is 5.41. The molecular formula is C19H25N5O. The summed E-state index contributed by atoms with van der Waals surface area (Å²) in [4.78, 5) is 18.1. The summed E-state index contributed by atoms with van der Waals surface area (Å²) in [5.74, 6) is 0.0531. The third-order valence-corrected chi connectivity index (χ3v) is 3.85. The van der Waals surface area contributed by atoms with E-state index >= 15 is 0 Å². The van der Waals surface area contributed by atoms with Crippen molar-refractivity contribution in [3.63, 3.8) is 0 Å². The van der Waals surface area contributed by atoms with Gasteiger partial charge in [0.1, 0.15) is 5.82 Å². The summed E-state index contributed by atoms with van der Waals surface area (Å²) in [7, 11) is 0. The third-order valence-electron chi connectivity index (χ3n) is 3.85. The molecule has 0 aliphatic carbocycles. The van der Waals surface area contributed by atoms with Gasteiger partial charge in [-0.1, -0.05) is 25.5 Å². The van der Waals surface area contributed by atoms with Crippen molar-refractivity contribution < 1.29 is 4.79 Å². The molecule has 6 heteroatoms. The smallest absolute Gasteiger partial charge is 0.272 e. The Hall–Kier alpha value is -2.89. The van der Waals surface area contributed by atoms with Crippen LogP contribution in [0.5, 0.6) is 0 Å². The molecule has 0 unspecified atom stereocenters.